The van der Waals surface area contributed by atoms with Crippen LogP contribution in [0.4, 0.5) is 0 Å². The third-order valence-electron chi connectivity index (χ3n) is 1.67. The predicted octanol–water partition coefficient (Wildman–Crippen LogP) is 2.93. The molecular weight excluding hydrogens is 178 g/mol. The molecule has 1 heterocycles. The van der Waals surface area contributed by atoms with E-state index in [1.807, 2.05) is 27.7 Å². The summed E-state index contributed by atoms with van der Waals surface area (Å²) in [5.41, 5.74) is 1.15. The third-order valence-corrected chi connectivity index (χ3v) is 1.67. The molecule has 14 heavy (non-hydrogen) atoms. The van der Waals surface area contributed by atoms with Crippen LogP contribution in [0.2, 0.25) is 0 Å². The summed E-state index contributed by atoms with van der Waals surface area (Å²) < 4.78 is 0. The van der Waals surface area contributed by atoms with Crippen molar-refractivity contribution < 1.29 is 9.90 Å². The van der Waals surface area contributed by atoms with Gasteiger partial charge in [-0.3, -0.25) is 0 Å². The molecule has 0 bridgehead atoms. The molecule has 0 spiro atoms. The van der Waals surface area contributed by atoms with E-state index < -0.39 is 5.97 Å². The maximum atomic E-state index is 10.4. The van der Waals surface area contributed by atoms with Crippen molar-refractivity contribution in [1.29, 1.82) is 0 Å². The molecule has 1 aromatic rings. The first-order chi connectivity index (χ1) is 6.61. The van der Waals surface area contributed by atoms with Gasteiger partial charge in [0.1, 0.15) is 5.69 Å². The second-order valence-corrected chi connectivity index (χ2v) is 2.94. The zero-order chi connectivity index (χ0) is 11.1. The summed E-state index contributed by atoms with van der Waals surface area (Å²) in [5.74, 6) is -0.592. The normalized spacial score (nSPS) is 9.21. The summed E-state index contributed by atoms with van der Waals surface area (Å²) in [6.45, 7) is 8.08. The van der Waals surface area contributed by atoms with E-state index in [2.05, 4.69) is 4.98 Å². The highest BCUT2D eigenvalue weighted by Gasteiger charge is 2.04. The van der Waals surface area contributed by atoms with E-state index in [0.717, 1.165) is 5.56 Å². The highest BCUT2D eigenvalue weighted by Crippen LogP contribution is 2.12. The molecule has 0 aliphatic carbocycles. The van der Waals surface area contributed by atoms with E-state index in [0.29, 0.717) is 5.92 Å². The second-order valence-electron chi connectivity index (χ2n) is 2.94. The Hall–Kier alpha value is -1.38. The number of carboxylic acid groups (broad SMARTS) is 1. The van der Waals surface area contributed by atoms with Crippen LogP contribution in [0.15, 0.2) is 18.3 Å². The fourth-order valence-corrected chi connectivity index (χ4v) is 0.873. The summed E-state index contributed by atoms with van der Waals surface area (Å²) >= 11 is 0. The van der Waals surface area contributed by atoms with Gasteiger partial charge in [0.15, 0.2) is 0 Å². The van der Waals surface area contributed by atoms with Crippen molar-refractivity contribution in [3.8, 4) is 0 Å². The molecule has 0 unspecified atom stereocenters. The molecule has 0 atom stereocenters. The maximum absolute atomic E-state index is 10.4. The Morgan fingerprint density at radius 1 is 1.36 bits per heavy atom. The molecule has 3 nitrogen and oxygen atoms in total. The quantitative estimate of drug-likeness (QED) is 0.789. The van der Waals surface area contributed by atoms with Crippen LogP contribution < -0.4 is 0 Å². The Bertz CT molecular complexity index is 278. The number of hydrogen-bond acceptors (Lipinski definition) is 2. The molecule has 0 saturated heterocycles. The van der Waals surface area contributed by atoms with Crippen molar-refractivity contribution in [3.63, 3.8) is 0 Å². The molecule has 78 valence electrons. The minimum Gasteiger partial charge on any atom is -0.477 e. The minimum atomic E-state index is -0.981. The first-order valence-corrected chi connectivity index (χ1v) is 4.80. The number of carbonyl (C=O) groups is 1. The summed E-state index contributed by atoms with van der Waals surface area (Å²) in [4.78, 5) is 14.2. The largest absolute Gasteiger partial charge is 0.477 e. The van der Waals surface area contributed by atoms with Crippen LogP contribution in [0.25, 0.3) is 0 Å². The van der Waals surface area contributed by atoms with Gasteiger partial charge < -0.3 is 5.11 Å². The van der Waals surface area contributed by atoms with Crippen LogP contribution in [-0.4, -0.2) is 16.1 Å². The van der Waals surface area contributed by atoms with E-state index in [-0.39, 0.29) is 5.69 Å². The molecule has 0 amide bonds. The zero-order valence-electron chi connectivity index (χ0n) is 9.11. The number of aromatic nitrogens is 1. The second kappa shape index (κ2) is 6.13. The van der Waals surface area contributed by atoms with Crippen LogP contribution >= 0.6 is 0 Å². The number of rotatable bonds is 2. The highest BCUT2D eigenvalue weighted by atomic mass is 16.4. The fourth-order valence-electron chi connectivity index (χ4n) is 0.873. The maximum Gasteiger partial charge on any atom is 0.354 e. The molecule has 0 aliphatic heterocycles. The molecule has 3 heteroatoms. The van der Waals surface area contributed by atoms with Gasteiger partial charge in [0.05, 0.1) is 0 Å². The van der Waals surface area contributed by atoms with Crippen LogP contribution in [0, 0.1) is 0 Å². The van der Waals surface area contributed by atoms with E-state index in [4.69, 9.17) is 5.11 Å². The standard InChI is InChI=1S/C9H11NO2.C2H6/c1-6(2)7-3-4-8(9(11)12)10-5-7;1-2/h3-6H,1-2H3,(H,11,12);1-2H3. The lowest BCUT2D eigenvalue weighted by molar-refractivity contribution is 0.0690. The van der Waals surface area contributed by atoms with Gasteiger partial charge in [-0.25, -0.2) is 9.78 Å². The van der Waals surface area contributed by atoms with Crippen molar-refractivity contribution in [2.24, 2.45) is 0 Å². The van der Waals surface area contributed by atoms with Crippen molar-refractivity contribution in [2.75, 3.05) is 0 Å². The SMILES string of the molecule is CC.CC(C)c1ccc(C(=O)O)nc1. The number of aromatic carboxylic acids is 1. The average molecular weight is 195 g/mol. The summed E-state index contributed by atoms with van der Waals surface area (Å²) in [6, 6.07) is 3.32. The first-order valence-electron chi connectivity index (χ1n) is 4.80. The Morgan fingerprint density at radius 3 is 2.21 bits per heavy atom. The zero-order valence-corrected chi connectivity index (χ0v) is 9.11. The number of pyridine rings is 1. The van der Waals surface area contributed by atoms with Crippen molar-refractivity contribution in [1.82, 2.24) is 4.98 Å². The van der Waals surface area contributed by atoms with Crippen LogP contribution in [-0.2, 0) is 0 Å². The molecule has 0 aliphatic rings. The van der Waals surface area contributed by atoms with Gasteiger partial charge in [-0.1, -0.05) is 33.8 Å². The molecule has 1 aromatic heterocycles. The molecule has 0 aromatic carbocycles. The number of hydrogen-bond donors (Lipinski definition) is 1. The van der Waals surface area contributed by atoms with Crippen LogP contribution in [0.1, 0.15) is 49.7 Å². The minimum absolute atomic E-state index is 0.0967. The van der Waals surface area contributed by atoms with Crippen LogP contribution in [0.3, 0.4) is 0 Å². The topological polar surface area (TPSA) is 50.2 Å². The third kappa shape index (κ3) is 3.56. The first kappa shape index (κ1) is 12.6. The van der Waals surface area contributed by atoms with E-state index >= 15 is 0 Å². The van der Waals surface area contributed by atoms with Gasteiger partial charge in [0, 0.05) is 6.20 Å². The van der Waals surface area contributed by atoms with Crippen LogP contribution in [0.5, 0.6) is 0 Å². The summed E-state index contributed by atoms with van der Waals surface area (Å²) in [6.07, 6.45) is 1.61. The van der Waals surface area contributed by atoms with E-state index in [9.17, 15) is 4.79 Å². The fraction of sp³-hybridized carbons (Fsp3) is 0.455. The average Bonchev–Trinajstić information content (AvgIpc) is 2.21. The van der Waals surface area contributed by atoms with Crippen molar-refractivity contribution in [2.45, 2.75) is 33.6 Å². The lowest BCUT2D eigenvalue weighted by atomic mass is 10.1. The Labute approximate surface area is 84.8 Å². The molecule has 0 radical (unpaired) electrons. The highest BCUT2D eigenvalue weighted by molar-refractivity contribution is 5.85. The Balaban J connectivity index is 0.000000791. The summed E-state index contributed by atoms with van der Waals surface area (Å²) in [5, 5.41) is 8.55. The lowest BCUT2D eigenvalue weighted by Gasteiger charge is -2.03. The molecule has 0 saturated carbocycles. The van der Waals surface area contributed by atoms with Gasteiger partial charge in [-0.05, 0) is 17.5 Å². The van der Waals surface area contributed by atoms with E-state index in [1.165, 1.54) is 6.07 Å². The van der Waals surface area contributed by atoms with Gasteiger partial charge >= 0.3 is 5.97 Å². The molecular formula is C11H17NO2. The lowest BCUT2D eigenvalue weighted by Crippen LogP contribution is -2.00. The van der Waals surface area contributed by atoms with Gasteiger partial charge in [0.25, 0.3) is 0 Å². The Kier molecular flexibility index (Phi) is 5.53. The van der Waals surface area contributed by atoms with Gasteiger partial charge in [-0.15, -0.1) is 0 Å². The smallest absolute Gasteiger partial charge is 0.354 e. The van der Waals surface area contributed by atoms with Gasteiger partial charge in [0.2, 0.25) is 0 Å². The number of carboxylic acids is 1. The summed E-state index contributed by atoms with van der Waals surface area (Å²) in [7, 11) is 0. The predicted molar refractivity (Wildman–Crippen MR) is 56.6 cm³/mol. The van der Waals surface area contributed by atoms with E-state index in [1.54, 1.807) is 12.3 Å². The number of nitrogens with zero attached hydrogens (tertiary/aromatic N) is 1. The Morgan fingerprint density at radius 2 is 1.93 bits per heavy atom. The monoisotopic (exact) mass is 195 g/mol. The molecule has 1 N–H and O–H groups in total. The molecule has 1 rings (SSSR count). The van der Waals surface area contributed by atoms with Crippen molar-refractivity contribution in [3.05, 3.63) is 29.6 Å². The molecule has 0 fully saturated rings. The van der Waals surface area contributed by atoms with Crippen molar-refractivity contribution >= 4 is 5.97 Å². The van der Waals surface area contributed by atoms with Gasteiger partial charge in [-0.2, -0.15) is 0 Å².